The van der Waals surface area contributed by atoms with Crippen LogP contribution in [0.2, 0.25) is 0 Å². The summed E-state index contributed by atoms with van der Waals surface area (Å²) in [5, 5.41) is 6.19. The Hall–Kier alpha value is -1.76. The summed E-state index contributed by atoms with van der Waals surface area (Å²) < 4.78 is 4.89. The van der Waals surface area contributed by atoms with Gasteiger partial charge in [-0.25, -0.2) is 14.8 Å². The average molecular weight is 268 g/mol. The van der Waals surface area contributed by atoms with Gasteiger partial charge in [-0.2, -0.15) is 0 Å². The highest BCUT2D eigenvalue weighted by atomic mass is 32.1. The number of carbonyl (C=O) groups excluding carboxylic acids is 1. The molecule has 0 spiro atoms. The van der Waals surface area contributed by atoms with Crippen molar-refractivity contribution in [2.75, 3.05) is 18.5 Å². The van der Waals surface area contributed by atoms with Gasteiger partial charge >= 0.3 is 5.97 Å². The largest absolute Gasteiger partial charge is 0.462 e. The van der Waals surface area contributed by atoms with Crippen LogP contribution in [0.15, 0.2) is 6.20 Å². The number of aryl methyl sites for hydroxylation is 1. The van der Waals surface area contributed by atoms with Gasteiger partial charge in [0.2, 0.25) is 5.95 Å². The van der Waals surface area contributed by atoms with Crippen molar-refractivity contribution in [1.82, 2.24) is 15.3 Å². The summed E-state index contributed by atoms with van der Waals surface area (Å²) in [6.45, 7) is 6.44. The molecule has 1 aromatic heterocycles. The third-order valence-corrected chi connectivity index (χ3v) is 2.28. The Labute approximate surface area is 111 Å². The molecule has 18 heavy (non-hydrogen) atoms. The molecule has 1 aromatic rings. The maximum Gasteiger partial charge on any atom is 0.341 e. The van der Waals surface area contributed by atoms with E-state index in [4.69, 9.17) is 17.0 Å². The van der Waals surface area contributed by atoms with Gasteiger partial charge in [0.25, 0.3) is 0 Å². The zero-order chi connectivity index (χ0) is 13.5. The first-order valence-corrected chi connectivity index (χ1v) is 6.04. The zero-order valence-electron chi connectivity index (χ0n) is 10.6. The number of aromatic nitrogens is 2. The fraction of sp³-hybridized carbons (Fsp3) is 0.455. The van der Waals surface area contributed by atoms with Crippen LogP contribution >= 0.6 is 12.2 Å². The Morgan fingerprint density at radius 3 is 2.78 bits per heavy atom. The van der Waals surface area contributed by atoms with Crippen LogP contribution in [-0.2, 0) is 4.74 Å². The maximum atomic E-state index is 11.5. The van der Waals surface area contributed by atoms with Crippen LogP contribution in [0.25, 0.3) is 0 Å². The highest BCUT2D eigenvalue weighted by molar-refractivity contribution is 7.80. The predicted octanol–water partition coefficient (Wildman–Crippen LogP) is 1.27. The monoisotopic (exact) mass is 268 g/mol. The van der Waals surface area contributed by atoms with Crippen molar-refractivity contribution in [3.8, 4) is 0 Å². The van der Waals surface area contributed by atoms with E-state index in [-0.39, 0.29) is 0 Å². The lowest BCUT2D eigenvalue weighted by Crippen LogP contribution is -2.29. The third-order valence-electron chi connectivity index (χ3n) is 2.04. The van der Waals surface area contributed by atoms with Gasteiger partial charge < -0.3 is 15.4 Å². The lowest BCUT2D eigenvalue weighted by Gasteiger charge is -2.09. The summed E-state index contributed by atoms with van der Waals surface area (Å²) in [5.74, 6) is -0.0673. The Balaban J connectivity index is 2.79. The average Bonchev–Trinajstić information content (AvgIpc) is 2.29. The van der Waals surface area contributed by atoms with Gasteiger partial charge in [0.15, 0.2) is 5.11 Å². The van der Waals surface area contributed by atoms with E-state index in [1.165, 1.54) is 6.20 Å². The first-order chi connectivity index (χ1) is 8.58. The molecule has 0 aliphatic rings. The number of anilines is 1. The quantitative estimate of drug-likeness (QED) is 0.629. The molecule has 6 nitrogen and oxygen atoms in total. The molecular formula is C11H16N4O2S. The number of thiocarbonyl (C=S) groups is 1. The zero-order valence-corrected chi connectivity index (χ0v) is 11.4. The second-order valence-electron chi connectivity index (χ2n) is 3.40. The standard InChI is InChI=1S/C11H16N4O2S/c1-4-12-11(18)15-10-13-6-8(7(3)14-10)9(16)17-5-2/h6H,4-5H2,1-3H3,(H2,12,13,14,15,18). The second kappa shape index (κ2) is 6.85. The fourth-order valence-electron chi connectivity index (χ4n) is 1.24. The molecule has 0 atom stereocenters. The van der Waals surface area contributed by atoms with E-state index >= 15 is 0 Å². The minimum Gasteiger partial charge on any atom is -0.462 e. The number of hydrogen-bond acceptors (Lipinski definition) is 5. The highest BCUT2D eigenvalue weighted by Crippen LogP contribution is 2.08. The minimum absolute atomic E-state index is 0.322. The second-order valence-corrected chi connectivity index (χ2v) is 3.81. The highest BCUT2D eigenvalue weighted by Gasteiger charge is 2.12. The van der Waals surface area contributed by atoms with Crippen LogP contribution in [0.1, 0.15) is 29.9 Å². The molecule has 0 saturated heterocycles. The van der Waals surface area contributed by atoms with Crippen molar-refractivity contribution in [2.45, 2.75) is 20.8 Å². The predicted molar refractivity (Wildman–Crippen MR) is 72.6 cm³/mol. The molecule has 0 amide bonds. The van der Waals surface area contributed by atoms with E-state index in [0.717, 1.165) is 0 Å². The number of ether oxygens (including phenoxy) is 1. The summed E-state index contributed by atoms with van der Waals surface area (Å²) >= 11 is 5.01. The third kappa shape index (κ3) is 3.92. The molecule has 1 heterocycles. The fourth-order valence-corrected chi connectivity index (χ4v) is 1.48. The van der Waals surface area contributed by atoms with E-state index in [1.54, 1.807) is 13.8 Å². The number of nitrogens with zero attached hydrogens (tertiary/aromatic N) is 2. The topological polar surface area (TPSA) is 76.1 Å². The molecule has 0 aromatic carbocycles. The maximum absolute atomic E-state index is 11.5. The number of nitrogens with one attached hydrogen (secondary N) is 2. The first kappa shape index (κ1) is 14.3. The summed E-state index contributed by atoms with van der Waals surface area (Å²) in [7, 11) is 0. The van der Waals surface area contributed by atoms with Crippen LogP contribution in [0.4, 0.5) is 5.95 Å². The van der Waals surface area contributed by atoms with Crippen LogP contribution in [0.3, 0.4) is 0 Å². The lowest BCUT2D eigenvalue weighted by molar-refractivity contribution is 0.0524. The summed E-state index contributed by atoms with van der Waals surface area (Å²) in [4.78, 5) is 19.7. The number of rotatable bonds is 4. The van der Waals surface area contributed by atoms with Crippen molar-refractivity contribution in [3.05, 3.63) is 17.5 Å². The Morgan fingerprint density at radius 1 is 1.50 bits per heavy atom. The molecule has 0 bridgehead atoms. The van der Waals surface area contributed by atoms with Gasteiger partial charge in [-0.05, 0) is 33.0 Å². The van der Waals surface area contributed by atoms with E-state index in [2.05, 4.69) is 20.6 Å². The molecule has 0 aliphatic heterocycles. The molecule has 0 unspecified atom stereocenters. The van der Waals surface area contributed by atoms with Crippen molar-refractivity contribution >= 4 is 29.2 Å². The number of hydrogen-bond donors (Lipinski definition) is 2. The number of esters is 1. The first-order valence-electron chi connectivity index (χ1n) is 5.64. The van der Waals surface area contributed by atoms with Crippen molar-refractivity contribution in [1.29, 1.82) is 0 Å². The molecule has 0 saturated carbocycles. The van der Waals surface area contributed by atoms with Crippen molar-refractivity contribution in [2.24, 2.45) is 0 Å². The molecule has 0 aliphatic carbocycles. The normalized spacial score (nSPS) is 9.72. The summed E-state index contributed by atoms with van der Waals surface area (Å²) in [6.07, 6.45) is 1.43. The lowest BCUT2D eigenvalue weighted by atomic mass is 10.2. The molecule has 2 N–H and O–H groups in total. The summed E-state index contributed by atoms with van der Waals surface area (Å²) in [6, 6.07) is 0. The number of carbonyl (C=O) groups is 1. The van der Waals surface area contributed by atoms with E-state index in [9.17, 15) is 4.79 Å². The Bertz CT molecular complexity index is 451. The van der Waals surface area contributed by atoms with E-state index < -0.39 is 5.97 Å². The van der Waals surface area contributed by atoms with E-state index in [1.807, 2.05) is 6.92 Å². The van der Waals surface area contributed by atoms with Crippen LogP contribution < -0.4 is 10.6 Å². The van der Waals surface area contributed by atoms with Gasteiger partial charge in [0.05, 0.1) is 17.9 Å². The molecule has 98 valence electrons. The van der Waals surface area contributed by atoms with Gasteiger partial charge in [-0.15, -0.1) is 0 Å². The van der Waals surface area contributed by atoms with Gasteiger partial charge in [-0.1, -0.05) is 0 Å². The molecule has 0 fully saturated rings. The molecular weight excluding hydrogens is 252 g/mol. The van der Waals surface area contributed by atoms with Crippen molar-refractivity contribution < 1.29 is 9.53 Å². The molecule has 7 heteroatoms. The van der Waals surface area contributed by atoms with Crippen LogP contribution in [0, 0.1) is 6.92 Å². The minimum atomic E-state index is -0.421. The Morgan fingerprint density at radius 2 is 2.22 bits per heavy atom. The molecule has 0 radical (unpaired) electrons. The Kier molecular flexibility index (Phi) is 5.44. The SMILES string of the molecule is CCNC(=S)Nc1ncc(C(=O)OCC)c(C)n1. The van der Waals surface area contributed by atoms with Crippen LogP contribution in [0.5, 0.6) is 0 Å². The van der Waals surface area contributed by atoms with Gasteiger partial charge in [-0.3, -0.25) is 0 Å². The van der Waals surface area contributed by atoms with Crippen LogP contribution in [-0.4, -0.2) is 34.2 Å². The van der Waals surface area contributed by atoms with Gasteiger partial charge in [0.1, 0.15) is 0 Å². The molecule has 1 rings (SSSR count). The van der Waals surface area contributed by atoms with Gasteiger partial charge in [0, 0.05) is 12.7 Å². The van der Waals surface area contributed by atoms with Crippen molar-refractivity contribution in [3.63, 3.8) is 0 Å². The smallest absolute Gasteiger partial charge is 0.341 e. The van der Waals surface area contributed by atoms with E-state index in [0.29, 0.717) is 35.5 Å². The summed E-state index contributed by atoms with van der Waals surface area (Å²) in [5.41, 5.74) is 0.905.